The molecular weight excluding hydrogens is 302 g/mol. The smallest absolute Gasteiger partial charge is 0.0894 e. The number of halogens is 1. The molecule has 0 aliphatic rings. The summed E-state index contributed by atoms with van der Waals surface area (Å²) in [6.45, 7) is 0.720. The van der Waals surface area contributed by atoms with Crippen LogP contribution < -0.4 is 5.32 Å². The van der Waals surface area contributed by atoms with Gasteiger partial charge in [-0.25, -0.2) is 0 Å². The molecule has 96 valence electrons. The Morgan fingerprint density at radius 2 is 2.00 bits per heavy atom. The van der Waals surface area contributed by atoms with Gasteiger partial charge in [-0.05, 0) is 24.3 Å². The van der Waals surface area contributed by atoms with E-state index >= 15 is 0 Å². The molecule has 3 aromatic rings. The van der Waals surface area contributed by atoms with Gasteiger partial charge in [0.2, 0.25) is 0 Å². The SMILES string of the molecule is Cn1nc(CNc2cccc(Br)c2)c2ccccc21. The highest BCUT2D eigenvalue weighted by Crippen LogP contribution is 2.20. The molecule has 0 fully saturated rings. The maximum Gasteiger partial charge on any atom is 0.0894 e. The van der Waals surface area contributed by atoms with E-state index in [1.54, 1.807) is 0 Å². The van der Waals surface area contributed by atoms with Gasteiger partial charge in [-0.2, -0.15) is 5.10 Å². The molecule has 0 radical (unpaired) electrons. The third-order valence-electron chi connectivity index (χ3n) is 3.12. The number of anilines is 1. The number of hydrogen-bond acceptors (Lipinski definition) is 2. The fourth-order valence-corrected chi connectivity index (χ4v) is 2.60. The molecule has 1 N–H and O–H groups in total. The van der Waals surface area contributed by atoms with E-state index in [1.165, 1.54) is 5.39 Å². The number of aromatic nitrogens is 2. The zero-order valence-corrected chi connectivity index (χ0v) is 12.2. The van der Waals surface area contributed by atoms with E-state index in [2.05, 4.69) is 50.6 Å². The molecule has 0 aliphatic carbocycles. The van der Waals surface area contributed by atoms with E-state index in [0.717, 1.165) is 27.9 Å². The molecule has 0 spiro atoms. The molecule has 0 atom stereocenters. The molecule has 0 bridgehead atoms. The van der Waals surface area contributed by atoms with Crippen molar-refractivity contribution in [2.24, 2.45) is 7.05 Å². The van der Waals surface area contributed by atoms with Crippen LogP contribution in [0, 0.1) is 0 Å². The zero-order valence-electron chi connectivity index (χ0n) is 10.6. The molecule has 4 heteroatoms. The first-order chi connectivity index (χ1) is 9.24. The third-order valence-corrected chi connectivity index (χ3v) is 3.61. The van der Waals surface area contributed by atoms with Crippen LogP contribution in [0.15, 0.2) is 53.0 Å². The predicted octanol–water partition coefficient (Wildman–Crippen LogP) is 3.95. The van der Waals surface area contributed by atoms with Crippen LogP contribution in [-0.4, -0.2) is 9.78 Å². The molecule has 1 heterocycles. The Morgan fingerprint density at radius 1 is 1.16 bits per heavy atom. The summed E-state index contributed by atoms with van der Waals surface area (Å²) in [5.41, 5.74) is 3.32. The van der Waals surface area contributed by atoms with Gasteiger partial charge in [0.05, 0.1) is 17.8 Å². The zero-order chi connectivity index (χ0) is 13.2. The average molecular weight is 316 g/mol. The molecule has 0 aliphatic heterocycles. The lowest BCUT2D eigenvalue weighted by Gasteiger charge is -2.05. The average Bonchev–Trinajstić information content (AvgIpc) is 2.74. The summed E-state index contributed by atoms with van der Waals surface area (Å²) in [7, 11) is 1.98. The number of hydrogen-bond donors (Lipinski definition) is 1. The number of aryl methyl sites for hydroxylation is 1. The highest BCUT2D eigenvalue weighted by Gasteiger charge is 2.07. The van der Waals surface area contributed by atoms with Crippen LogP contribution >= 0.6 is 15.9 Å². The molecule has 1 aromatic heterocycles. The van der Waals surface area contributed by atoms with Crippen LogP contribution in [-0.2, 0) is 13.6 Å². The summed E-state index contributed by atoms with van der Waals surface area (Å²) < 4.78 is 3.00. The predicted molar refractivity (Wildman–Crippen MR) is 82.2 cm³/mol. The Labute approximate surface area is 120 Å². The van der Waals surface area contributed by atoms with Crippen LogP contribution in [0.25, 0.3) is 10.9 Å². The van der Waals surface area contributed by atoms with Crippen molar-refractivity contribution in [1.29, 1.82) is 0 Å². The number of rotatable bonds is 3. The summed E-state index contributed by atoms with van der Waals surface area (Å²) in [4.78, 5) is 0. The molecule has 3 rings (SSSR count). The maximum atomic E-state index is 4.57. The van der Waals surface area contributed by atoms with Crippen molar-refractivity contribution >= 4 is 32.5 Å². The largest absolute Gasteiger partial charge is 0.379 e. The van der Waals surface area contributed by atoms with Crippen molar-refractivity contribution in [3.8, 4) is 0 Å². The first-order valence-electron chi connectivity index (χ1n) is 6.14. The highest BCUT2D eigenvalue weighted by molar-refractivity contribution is 9.10. The second-order valence-electron chi connectivity index (χ2n) is 4.45. The number of nitrogens with zero attached hydrogens (tertiary/aromatic N) is 2. The second-order valence-corrected chi connectivity index (χ2v) is 5.37. The topological polar surface area (TPSA) is 29.9 Å². The van der Waals surface area contributed by atoms with Crippen molar-refractivity contribution in [2.45, 2.75) is 6.54 Å². The Bertz CT molecular complexity index is 718. The van der Waals surface area contributed by atoms with Gasteiger partial charge in [0, 0.05) is 22.6 Å². The summed E-state index contributed by atoms with van der Waals surface area (Å²) in [5.74, 6) is 0. The minimum atomic E-state index is 0.720. The molecule has 19 heavy (non-hydrogen) atoms. The Morgan fingerprint density at radius 3 is 2.84 bits per heavy atom. The lowest BCUT2D eigenvalue weighted by molar-refractivity contribution is 0.771. The first-order valence-corrected chi connectivity index (χ1v) is 6.93. The minimum Gasteiger partial charge on any atom is -0.379 e. The van der Waals surface area contributed by atoms with Gasteiger partial charge >= 0.3 is 0 Å². The van der Waals surface area contributed by atoms with Crippen molar-refractivity contribution < 1.29 is 0 Å². The fraction of sp³-hybridized carbons (Fsp3) is 0.133. The van der Waals surface area contributed by atoms with E-state index in [9.17, 15) is 0 Å². The first kappa shape index (κ1) is 12.2. The normalized spacial score (nSPS) is 10.8. The van der Waals surface area contributed by atoms with Crippen molar-refractivity contribution in [3.05, 3.63) is 58.7 Å². The van der Waals surface area contributed by atoms with E-state index < -0.39 is 0 Å². The molecule has 0 saturated carbocycles. The van der Waals surface area contributed by atoms with E-state index in [0.29, 0.717) is 0 Å². The Kier molecular flexibility index (Phi) is 3.25. The van der Waals surface area contributed by atoms with E-state index in [-0.39, 0.29) is 0 Å². The maximum absolute atomic E-state index is 4.57. The van der Waals surface area contributed by atoms with Crippen molar-refractivity contribution in [3.63, 3.8) is 0 Å². The van der Waals surface area contributed by atoms with Gasteiger partial charge in [-0.3, -0.25) is 4.68 Å². The monoisotopic (exact) mass is 315 g/mol. The van der Waals surface area contributed by atoms with Gasteiger partial charge in [0.15, 0.2) is 0 Å². The van der Waals surface area contributed by atoms with Crippen molar-refractivity contribution in [1.82, 2.24) is 9.78 Å². The number of fused-ring (bicyclic) bond motifs is 1. The van der Waals surface area contributed by atoms with Gasteiger partial charge in [-0.1, -0.05) is 40.2 Å². The van der Waals surface area contributed by atoms with Crippen LogP contribution in [0.4, 0.5) is 5.69 Å². The van der Waals surface area contributed by atoms with Crippen molar-refractivity contribution in [2.75, 3.05) is 5.32 Å². The van der Waals surface area contributed by atoms with Gasteiger partial charge < -0.3 is 5.32 Å². The third kappa shape index (κ3) is 2.49. The summed E-state index contributed by atoms with van der Waals surface area (Å²) >= 11 is 3.47. The van der Waals surface area contributed by atoms with Gasteiger partial charge in [0.1, 0.15) is 0 Å². The quantitative estimate of drug-likeness (QED) is 0.793. The number of para-hydroxylation sites is 1. The number of nitrogens with one attached hydrogen (secondary N) is 1. The summed E-state index contributed by atoms with van der Waals surface area (Å²) in [5, 5.41) is 9.17. The van der Waals surface area contributed by atoms with Gasteiger partial charge in [-0.15, -0.1) is 0 Å². The fourth-order valence-electron chi connectivity index (χ4n) is 2.20. The van der Waals surface area contributed by atoms with E-state index in [4.69, 9.17) is 0 Å². The standard InChI is InChI=1S/C15H14BrN3/c1-19-15-8-3-2-7-13(15)14(18-19)10-17-12-6-4-5-11(16)9-12/h2-9,17H,10H2,1H3. The highest BCUT2D eigenvalue weighted by atomic mass is 79.9. The molecule has 2 aromatic carbocycles. The Hall–Kier alpha value is -1.81. The van der Waals surface area contributed by atoms with E-state index in [1.807, 2.05) is 36.0 Å². The lowest BCUT2D eigenvalue weighted by Crippen LogP contribution is -2.01. The molecule has 3 nitrogen and oxygen atoms in total. The summed E-state index contributed by atoms with van der Waals surface area (Å²) in [6, 6.07) is 16.4. The minimum absolute atomic E-state index is 0.720. The van der Waals surface area contributed by atoms with Gasteiger partial charge in [0.25, 0.3) is 0 Å². The Balaban J connectivity index is 1.86. The van der Waals surface area contributed by atoms with Crippen LogP contribution in [0.2, 0.25) is 0 Å². The molecule has 0 unspecified atom stereocenters. The molecular formula is C15H14BrN3. The molecule has 0 saturated heterocycles. The van der Waals surface area contributed by atoms with Crippen LogP contribution in [0.3, 0.4) is 0 Å². The summed E-state index contributed by atoms with van der Waals surface area (Å²) in [6.07, 6.45) is 0. The number of benzene rings is 2. The molecule has 0 amide bonds. The van der Waals surface area contributed by atoms with Crippen LogP contribution in [0.5, 0.6) is 0 Å². The van der Waals surface area contributed by atoms with Crippen LogP contribution in [0.1, 0.15) is 5.69 Å². The lowest BCUT2D eigenvalue weighted by atomic mass is 10.2. The second kappa shape index (κ2) is 5.05.